The summed E-state index contributed by atoms with van der Waals surface area (Å²) in [5, 5.41) is 0. The summed E-state index contributed by atoms with van der Waals surface area (Å²) in [6, 6.07) is 12.1. The second-order valence-corrected chi connectivity index (χ2v) is 5.10. The number of halogens is 4. The van der Waals surface area contributed by atoms with Gasteiger partial charge in [-0.15, -0.1) is 0 Å². The number of ketones is 1. The van der Waals surface area contributed by atoms with E-state index in [4.69, 9.17) is 0 Å². The van der Waals surface area contributed by atoms with E-state index in [0.717, 1.165) is 17.7 Å². The first kappa shape index (κ1) is 17.7. The van der Waals surface area contributed by atoms with Crippen molar-refractivity contribution in [1.29, 1.82) is 0 Å². The van der Waals surface area contributed by atoms with E-state index in [0.29, 0.717) is 11.1 Å². The van der Waals surface area contributed by atoms with Crippen LogP contribution in [0.25, 0.3) is 6.08 Å². The number of hydrogen-bond donors (Lipinski definition) is 0. The molecule has 0 spiro atoms. The zero-order valence-electron chi connectivity index (χ0n) is 12.7. The van der Waals surface area contributed by atoms with Crippen LogP contribution < -0.4 is 4.74 Å². The van der Waals surface area contributed by atoms with Crippen molar-refractivity contribution in [1.82, 2.24) is 0 Å². The predicted octanol–water partition coefficient (Wildman–Crippen LogP) is 5.13. The van der Waals surface area contributed by atoms with Crippen molar-refractivity contribution >= 4 is 11.9 Å². The number of rotatable bonds is 6. The molecule has 0 radical (unpaired) electrons. The molecule has 0 heterocycles. The first-order valence-corrected chi connectivity index (χ1v) is 7.02. The molecule has 0 aliphatic heterocycles. The minimum absolute atomic E-state index is 0.265. The summed E-state index contributed by atoms with van der Waals surface area (Å²) >= 11 is 0. The van der Waals surface area contributed by atoms with Gasteiger partial charge in [0, 0.05) is 5.56 Å². The molecule has 0 unspecified atom stereocenters. The number of ether oxygens (including phenoxy) is 1. The monoisotopic (exact) mass is 338 g/mol. The number of aryl methyl sites for hydroxylation is 1. The van der Waals surface area contributed by atoms with E-state index in [9.17, 15) is 22.4 Å². The Balaban J connectivity index is 2.11. The van der Waals surface area contributed by atoms with Crippen molar-refractivity contribution in [2.75, 3.05) is 0 Å². The van der Waals surface area contributed by atoms with Gasteiger partial charge in [0.15, 0.2) is 5.78 Å². The zero-order valence-corrected chi connectivity index (χ0v) is 12.7. The summed E-state index contributed by atoms with van der Waals surface area (Å²) < 4.78 is 54.1. The molecule has 0 aliphatic rings. The molecule has 0 bridgehead atoms. The minimum atomic E-state index is -4.57. The fraction of sp³-hybridized carbons (Fsp3) is 0.167. The molecule has 126 valence electrons. The second-order valence-electron chi connectivity index (χ2n) is 5.10. The Morgan fingerprint density at radius 3 is 2.42 bits per heavy atom. The molecular weight excluding hydrogens is 324 g/mol. The molecular formula is C18H14F4O2. The number of hydrogen-bond acceptors (Lipinski definition) is 2. The van der Waals surface area contributed by atoms with E-state index in [2.05, 4.69) is 4.74 Å². The van der Waals surface area contributed by atoms with Crippen LogP contribution in [-0.4, -0.2) is 18.3 Å². The van der Waals surface area contributed by atoms with Gasteiger partial charge in [0.1, 0.15) is 5.75 Å². The van der Waals surface area contributed by atoms with Crippen molar-refractivity contribution in [2.24, 2.45) is 0 Å². The van der Waals surface area contributed by atoms with Crippen molar-refractivity contribution in [3.8, 4) is 5.75 Å². The smallest absolute Gasteiger partial charge is 0.428 e. The Labute approximate surface area is 136 Å². The van der Waals surface area contributed by atoms with E-state index in [-0.39, 0.29) is 5.78 Å². The lowest BCUT2D eigenvalue weighted by atomic mass is 10.1. The van der Waals surface area contributed by atoms with Gasteiger partial charge in [0.2, 0.25) is 0 Å². The average Bonchev–Trinajstić information content (AvgIpc) is 2.53. The SMILES string of the molecule is Cc1ccc(C(=O)/C=C/c2cccc(OC(F)(F)C(F)F)c2)cc1. The van der Waals surface area contributed by atoms with Crippen LogP contribution in [-0.2, 0) is 0 Å². The van der Waals surface area contributed by atoms with Crippen molar-refractivity contribution in [3.05, 3.63) is 71.3 Å². The summed E-state index contributed by atoms with van der Waals surface area (Å²) in [7, 11) is 0. The first-order valence-electron chi connectivity index (χ1n) is 7.02. The zero-order chi connectivity index (χ0) is 17.7. The van der Waals surface area contributed by atoms with Crippen LogP contribution in [0.4, 0.5) is 17.6 Å². The normalized spacial score (nSPS) is 11.9. The highest BCUT2D eigenvalue weighted by atomic mass is 19.3. The van der Waals surface area contributed by atoms with Gasteiger partial charge in [0.05, 0.1) is 0 Å². The predicted molar refractivity (Wildman–Crippen MR) is 82.6 cm³/mol. The molecule has 0 saturated carbocycles. The molecule has 24 heavy (non-hydrogen) atoms. The third kappa shape index (κ3) is 4.68. The van der Waals surface area contributed by atoms with Crippen LogP contribution in [0.5, 0.6) is 5.75 Å². The summed E-state index contributed by atoms with van der Waals surface area (Å²) in [4.78, 5) is 12.0. The van der Waals surface area contributed by atoms with Gasteiger partial charge in [-0.2, -0.15) is 17.6 Å². The number of carbonyl (C=O) groups excluding carboxylic acids is 1. The van der Waals surface area contributed by atoms with E-state index in [1.807, 2.05) is 6.92 Å². The standard InChI is InChI=1S/C18H14F4O2/c1-12-5-8-14(9-6-12)16(23)10-7-13-3-2-4-15(11-13)24-18(21,22)17(19)20/h2-11,17H,1H3/b10-7+. The molecule has 2 aromatic rings. The molecule has 0 aromatic heterocycles. The van der Waals surface area contributed by atoms with Crippen LogP contribution >= 0.6 is 0 Å². The highest BCUT2D eigenvalue weighted by Gasteiger charge is 2.43. The maximum atomic E-state index is 12.9. The van der Waals surface area contributed by atoms with Crippen molar-refractivity contribution in [2.45, 2.75) is 19.5 Å². The van der Waals surface area contributed by atoms with Gasteiger partial charge in [0.25, 0.3) is 0 Å². The van der Waals surface area contributed by atoms with E-state index < -0.39 is 18.3 Å². The van der Waals surface area contributed by atoms with Crippen LogP contribution in [0.3, 0.4) is 0 Å². The van der Waals surface area contributed by atoms with Gasteiger partial charge >= 0.3 is 12.5 Å². The van der Waals surface area contributed by atoms with Gasteiger partial charge in [-0.25, -0.2) is 0 Å². The molecule has 0 aliphatic carbocycles. The van der Waals surface area contributed by atoms with Gasteiger partial charge in [-0.1, -0.05) is 48.0 Å². The first-order chi connectivity index (χ1) is 11.3. The highest BCUT2D eigenvalue weighted by Crippen LogP contribution is 2.28. The molecule has 6 heteroatoms. The Kier molecular flexibility index (Phi) is 5.39. The Hall–Kier alpha value is -2.63. The van der Waals surface area contributed by atoms with Crippen LogP contribution in [0, 0.1) is 6.92 Å². The molecule has 2 rings (SSSR count). The van der Waals surface area contributed by atoms with Gasteiger partial charge in [-0.3, -0.25) is 4.79 Å². The number of alkyl halides is 4. The fourth-order valence-corrected chi connectivity index (χ4v) is 1.87. The Morgan fingerprint density at radius 2 is 1.79 bits per heavy atom. The lowest BCUT2D eigenvalue weighted by molar-refractivity contribution is -0.253. The van der Waals surface area contributed by atoms with Crippen molar-refractivity contribution in [3.63, 3.8) is 0 Å². The second kappa shape index (κ2) is 7.29. The van der Waals surface area contributed by atoms with E-state index in [1.54, 1.807) is 24.3 Å². The molecule has 0 saturated heterocycles. The number of allylic oxidation sites excluding steroid dienone is 1. The minimum Gasteiger partial charge on any atom is -0.428 e. The largest absolute Gasteiger partial charge is 0.461 e. The van der Waals surface area contributed by atoms with E-state index >= 15 is 0 Å². The fourth-order valence-electron chi connectivity index (χ4n) is 1.87. The molecule has 2 aromatic carbocycles. The summed E-state index contributed by atoms with van der Waals surface area (Å²) in [6.45, 7) is 1.89. The molecule has 0 N–H and O–H groups in total. The molecule has 2 nitrogen and oxygen atoms in total. The topological polar surface area (TPSA) is 26.3 Å². The third-order valence-electron chi connectivity index (χ3n) is 3.13. The maximum Gasteiger partial charge on any atom is 0.461 e. The molecule has 0 amide bonds. The van der Waals surface area contributed by atoms with E-state index in [1.165, 1.54) is 24.3 Å². The molecule has 0 fully saturated rings. The third-order valence-corrected chi connectivity index (χ3v) is 3.13. The highest BCUT2D eigenvalue weighted by molar-refractivity contribution is 6.06. The quantitative estimate of drug-likeness (QED) is 0.415. The van der Waals surface area contributed by atoms with Crippen LogP contribution in [0.1, 0.15) is 21.5 Å². The summed E-state index contributed by atoms with van der Waals surface area (Å²) in [5.41, 5.74) is 1.87. The van der Waals surface area contributed by atoms with Crippen molar-refractivity contribution < 1.29 is 27.1 Å². The van der Waals surface area contributed by atoms with Gasteiger partial charge in [-0.05, 0) is 30.7 Å². The average molecular weight is 338 g/mol. The lowest BCUT2D eigenvalue weighted by Gasteiger charge is -2.16. The number of benzene rings is 2. The van der Waals surface area contributed by atoms with Crippen LogP contribution in [0.15, 0.2) is 54.6 Å². The maximum absolute atomic E-state index is 12.9. The summed E-state index contributed by atoms with van der Waals surface area (Å²) in [6.07, 6.45) is -5.83. The summed E-state index contributed by atoms with van der Waals surface area (Å²) in [5.74, 6) is -0.676. The van der Waals surface area contributed by atoms with Crippen LogP contribution in [0.2, 0.25) is 0 Å². The Morgan fingerprint density at radius 1 is 1.12 bits per heavy atom. The molecule has 0 atom stereocenters. The number of carbonyl (C=O) groups is 1. The lowest BCUT2D eigenvalue weighted by Crippen LogP contribution is -2.33. The Bertz CT molecular complexity index is 737. The van der Waals surface area contributed by atoms with Gasteiger partial charge < -0.3 is 4.74 Å².